The maximum Gasteiger partial charge on any atom is 0.271 e. The fourth-order valence-corrected chi connectivity index (χ4v) is 4.96. The Balaban J connectivity index is 1.54. The first-order chi connectivity index (χ1) is 16.9. The highest BCUT2D eigenvalue weighted by molar-refractivity contribution is 6.31. The predicted molar refractivity (Wildman–Crippen MR) is 137 cm³/mol. The lowest BCUT2D eigenvalue weighted by Crippen LogP contribution is -2.63. The summed E-state index contributed by atoms with van der Waals surface area (Å²) in [6.45, 7) is 2.64. The molecule has 1 aromatic heterocycles. The third kappa shape index (κ3) is 4.04. The largest absolute Gasteiger partial charge is 0.496 e. The molecule has 0 saturated carbocycles. The van der Waals surface area contributed by atoms with Crippen molar-refractivity contribution < 1.29 is 14.3 Å². The molecule has 2 heterocycles. The van der Waals surface area contributed by atoms with Crippen LogP contribution in [0.2, 0.25) is 5.02 Å². The molecule has 0 bridgehead atoms. The first-order valence-corrected chi connectivity index (χ1v) is 11.8. The van der Waals surface area contributed by atoms with E-state index in [0.717, 1.165) is 22.0 Å². The zero-order valence-electron chi connectivity index (χ0n) is 19.6. The Hall–Kier alpha value is -3.77. The molecule has 0 radical (unpaired) electrons. The summed E-state index contributed by atoms with van der Waals surface area (Å²) in [5.41, 5.74) is 1.99. The number of rotatable bonds is 6. The van der Waals surface area contributed by atoms with Crippen LogP contribution in [0, 0.1) is 0 Å². The Morgan fingerprint density at radius 2 is 1.71 bits per heavy atom. The van der Waals surface area contributed by atoms with E-state index >= 15 is 0 Å². The number of nitrogens with zero attached hydrogens (tertiary/aromatic N) is 2. The van der Waals surface area contributed by atoms with Gasteiger partial charge in [-0.2, -0.15) is 0 Å². The van der Waals surface area contributed by atoms with E-state index in [1.165, 1.54) is 0 Å². The molecule has 4 aromatic rings. The molecule has 1 N–H and O–H groups in total. The van der Waals surface area contributed by atoms with E-state index in [-0.39, 0.29) is 24.9 Å². The van der Waals surface area contributed by atoms with Crippen LogP contribution in [0.25, 0.3) is 10.9 Å². The number of carbonyl (C=O) groups is 2. The lowest BCUT2D eigenvalue weighted by Gasteiger charge is -2.44. The van der Waals surface area contributed by atoms with Crippen molar-refractivity contribution in [3.63, 3.8) is 0 Å². The number of nitrogens with one attached hydrogen (secondary N) is 1. The predicted octanol–water partition coefficient (Wildman–Crippen LogP) is 5.03. The van der Waals surface area contributed by atoms with Gasteiger partial charge in [-0.05, 0) is 36.8 Å². The number of hydrogen-bond acceptors (Lipinski definition) is 3. The highest BCUT2D eigenvalue weighted by Gasteiger charge is 2.47. The summed E-state index contributed by atoms with van der Waals surface area (Å²) in [4.78, 5) is 29.3. The molecule has 3 aromatic carbocycles. The van der Waals surface area contributed by atoms with E-state index in [1.54, 1.807) is 18.1 Å². The second kappa shape index (κ2) is 9.12. The maximum absolute atomic E-state index is 13.9. The quantitative estimate of drug-likeness (QED) is 0.414. The maximum atomic E-state index is 13.9. The number of methoxy groups -OCH3 is 1. The fourth-order valence-electron chi connectivity index (χ4n) is 4.77. The smallest absolute Gasteiger partial charge is 0.271 e. The molecule has 1 aliphatic heterocycles. The first kappa shape index (κ1) is 23.0. The molecule has 1 unspecified atom stereocenters. The Morgan fingerprint density at radius 3 is 2.49 bits per heavy atom. The van der Waals surface area contributed by atoms with Gasteiger partial charge >= 0.3 is 0 Å². The summed E-state index contributed by atoms with van der Waals surface area (Å²) in [6, 6.07) is 24.7. The zero-order chi connectivity index (χ0) is 24.6. The van der Waals surface area contributed by atoms with Crippen LogP contribution in [-0.4, -0.2) is 33.9 Å². The van der Waals surface area contributed by atoms with Gasteiger partial charge in [0.05, 0.1) is 13.7 Å². The van der Waals surface area contributed by atoms with Gasteiger partial charge in [-0.3, -0.25) is 9.59 Å². The molecule has 6 nitrogen and oxygen atoms in total. The van der Waals surface area contributed by atoms with Gasteiger partial charge in [0.15, 0.2) is 0 Å². The number of fused-ring (bicyclic) bond motifs is 3. The number of hydrogen-bond donors (Lipinski definition) is 1. The third-order valence-corrected chi connectivity index (χ3v) is 7.11. The second-order valence-electron chi connectivity index (χ2n) is 8.93. The minimum atomic E-state index is -1.15. The van der Waals surface area contributed by atoms with Gasteiger partial charge in [0.25, 0.3) is 5.91 Å². The molecule has 1 atom stereocenters. The average molecular weight is 488 g/mol. The van der Waals surface area contributed by atoms with Crippen LogP contribution < -0.4 is 10.1 Å². The first-order valence-electron chi connectivity index (χ1n) is 11.5. The van der Waals surface area contributed by atoms with Crippen molar-refractivity contribution in [1.29, 1.82) is 0 Å². The third-order valence-electron chi connectivity index (χ3n) is 6.74. The SMILES string of the molecule is COc1ccccc1CNC(=O)C1(C)Cn2c(cc3ccccc32)C(=O)N1Cc1ccccc1Cl. The average Bonchev–Trinajstić information content (AvgIpc) is 3.24. The van der Waals surface area contributed by atoms with Gasteiger partial charge < -0.3 is 19.5 Å². The van der Waals surface area contributed by atoms with Crippen molar-refractivity contribution in [3.05, 3.63) is 101 Å². The highest BCUT2D eigenvalue weighted by Crippen LogP contribution is 2.34. The molecule has 0 fully saturated rings. The summed E-state index contributed by atoms with van der Waals surface area (Å²) < 4.78 is 7.38. The number of para-hydroxylation sites is 2. The van der Waals surface area contributed by atoms with Gasteiger partial charge in [-0.15, -0.1) is 0 Å². The molecule has 0 saturated heterocycles. The Bertz CT molecular complexity index is 1430. The number of benzene rings is 3. The zero-order valence-corrected chi connectivity index (χ0v) is 20.4. The summed E-state index contributed by atoms with van der Waals surface area (Å²) in [5.74, 6) is 0.249. The monoisotopic (exact) mass is 487 g/mol. The van der Waals surface area contributed by atoms with Gasteiger partial charge in [0.2, 0.25) is 5.91 Å². The molecule has 35 heavy (non-hydrogen) atoms. The normalized spacial score (nSPS) is 17.3. The molecule has 0 aliphatic carbocycles. The van der Waals surface area contributed by atoms with Gasteiger partial charge in [0.1, 0.15) is 17.0 Å². The molecular weight excluding hydrogens is 462 g/mol. The summed E-state index contributed by atoms with van der Waals surface area (Å²) in [6.07, 6.45) is 0. The van der Waals surface area contributed by atoms with Crippen molar-refractivity contribution >= 4 is 34.3 Å². The van der Waals surface area contributed by atoms with Crippen LogP contribution in [0.15, 0.2) is 78.9 Å². The molecule has 2 amide bonds. The lowest BCUT2D eigenvalue weighted by atomic mass is 9.93. The van der Waals surface area contributed by atoms with Crippen LogP contribution in [-0.2, 0) is 24.4 Å². The minimum absolute atomic E-state index is 0.206. The summed E-state index contributed by atoms with van der Waals surface area (Å²) in [5, 5.41) is 4.57. The van der Waals surface area contributed by atoms with E-state index in [0.29, 0.717) is 23.0 Å². The van der Waals surface area contributed by atoms with E-state index in [4.69, 9.17) is 16.3 Å². The van der Waals surface area contributed by atoms with Crippen molar-refractivity contribution in [1.82, 2.24) is 14.8 Å². The topological polar surface area (TPSA) is 63.6 Å². The second-order valence-corrected chi connectivity index (χ2v) is 9.33. The number of aromatic nitrogens is 1. The van der Waals surface area contributed by atoms with Crippen molar-refractivity contribution in [2.24, 2.45) is 0 Å². The molecule has 7 heteroatoms. The Labute approximate surface area is 209 Å². The minimum Gasteiger partial charge on any atom is -0.496 e. The van der Waals surface area contributed by atoms with E-state index in [2.05, 4.69) is 5.32 Å². The molecule has 1 aliphatic rings. The summed E-state index contributed by atoms with van der Waals surface area (Å²) in [7, 11) is 1.60. The van der Waals surface area contributed by atoms with Gasteiger partial charge in [-0.25, -0.2) is 0 Å². The van der Waals surface area contributed by atoms with E-state index in [1.807, 2.05) is 84.3 Å². The highest BCUT2D eigenvalue weighted by atomic mass is 35.5. The lowest BCUT2D eigenvalue weighted by molar-refractivity contribution is -0.133. The fraction of sp³-hybridized carbons (Fsp3) is 0.214. The standard InChI is InChI=1S/C28H26ClN3O3/c1-28(27(34)30-16-20-10-5-8-14-25(20)35-2)18-31-23-13-7-4-9-19(23)15-24(31)26(33)32(28)17-21-11-3-6-12-22(21)29/h3-15H,16-18H2,1-2H3,(H,30,34). The number of carbonyl (C=O) groups excluding carboxylic acids is 2. The molecule has 178 valence electrons. The Morgan fingerprint density at radius 1 is 1.03 bits per heavy atom. The number of ether oxygens (including phenoxy) is 1. The van der Waals surface area contributed by atoms with Crippen LogP contribution >= 0.6 is 11.6 Å². The molecule has 5 rings (SSSR count). The molecular formula is C28H26ClN3O3. The number of halogens is 1. The van der Waals surface area contributed by atoms with Crippen LogP contribution in [0.3, 0.4) is 0 Å². The number of amides is 2. The van der Waals surface area contributed by atoms with Gasteiger partial charge in [0, 0.05) is 34.6 Å². The van der Waals surface area contributed by atoms with Crippen molar-refractivity contribution in [2.75, 3.05) is 7.11 Å². The van der Waals surface area contributed by atoms with Crippen molar-refractivity contribution in [3.8, 4) is 5.75 Å². The van der Waals surface area contributed by atoms with E-state index in [9.17, 15) is 9.59 Å². The van der Waals surface area contributed by atoms with Crippen LogP contribution in [0.4, 0.5) is 0 Å². The molecule has 0 spiro atoms. The van der Waals surface area contributed by atoms with Crippen molar-refractivity contribution in [2.45, 2.75) is 32.1 Å². The summed E-state index contributed by atoms with van der Waals surface area (Å²) >= 11 is 6.45. The van der Waals surface area contributed by atoms with Gasteiger partial charge in [-0.1, -0.05) is 66.2 Å². The van der Waals surface area contributed by atoms with Crippen LogP contribution in [0.5, 0.6) is 5.75 Å². The Kier molecular flexibility index (Phi) is 5.99. The van der Waals surface area contributed by atoms with Crippen LogP contribution in [0.1, 0.15) is 28.5 Å². The van der Waals surface area contributed by atoms with E-state index < -0.39 is 5.54 Å².